The smallest absolute Gasteiger partial charge is 0.337 e. The number of rotatable bonds is 10. The summed E-state index contributed by atoms with van der Waals surface area (Å²) in [5, 5.41) is 10.1. The highest BCUT2D eigenvalue weighted by molar-refractivity contribution is 5.84. The van der Waals surface area contributed by atoms with Crippen LogP contribution in [-0.4, -0.2) is 24.3 Å². The number of ether oxygens (including phenoxy) is 2. The lowest BCUT2D eigenvalue weighted by molar-refractivity contribution is -0.151. The van der Waals surface area contributed by atoms with Crippen LogP contribution in [0.5, 0.6) is 5.75 Å². The molecule has 166 valence electrons. The van der Waals surface area contributed by atoms with Gasteiger partial charge in [0.15, 0.2) is 6.10 Å². The second kappa shape index (κ2) is 9.04. The Labute approximate surface area is 185 Å². The fourth-order valence-corrected chi connectivity index (χ4v) is 4.74. The van der Waals surface area contributed by atoms with E-state index in [0.717, 1.165) is 60.1 Å². The van der Waals surface area contributed by atoms with Crippen LogP contribution in [0.3, 0.4) is 0 Å². The molecule has 2 aromatic rings. The molecule has 0 aliphatic heterocycles. The van der Waals surface area contributed by atoms with Crippen molar-refractivity contribution in [1.82, 2.24) is 0 Å². The van der Waals surface area contributed by atoms with Crippen molar-refractivity contribution >= 4 is 5.97 Å². The summed E-state index contributed by atoms with van der Waals surface area (Å²) in [6, 6.07) is 8.54. The maximum absolute atomic E-state index is 12.4. The predicted molar refractivity (Wildman–Crippen MR) is 123 cm³/mol. The second-order valence-electron chi connectivity index (χ2n) is 9.01. The van der Waals surface area contributed by atoms with Gasteiger partial charge in [0.2, 0.25) is 0 Å². The SMILES string of the molecule is CCCc1cc(-c2c(C3CC3)c(CC)cc(C)c2C(OC2CC2)C(=O)O)ccc1OC. The zero-order valence-electron chi connectivity index (χ0n) is 19.2. The summed E-state index contributed by atoms with van der Waals surface area (Å²) >= 11 is 0. The zero-order valence-corrected chi connectivity index (χ0v) is 19.2. The van der Waals surface area contributed by atoms with Crippen LogP contribution in [0.4, 0.5) is 0 Å². The molecule has 0 saturated heterocycles. The van der Waals surface area contributed by atoms with Crippen molar-refractivity contribution in [2.24, 2.45) is 0 Å². The molecular weight excluding hydrogens is 388 g/mol. The highest BCUT2D eigenvalue weighted by atomic mass is 16.5. The summed E-state index contributed by atoms with van der Waals surface area (Å²) in [4.78, 5) is 12.4. The molecule has 2 aromatic carbocycles. The van der Waals surface area contributed by atoms with E-state index >= 15 is 0 Å². The van der Waals surface area contributed by atoms with Crippen LogP contribution in [0.1, 0.15) is 85.8 Å². The van der Waals surface area contributed by atoms with Gasteiger partial charge in [0.05, 0.1) is 13.2 Å². The van der Waals surface area contributed by atoms with Gasteiger partial charge < -0.3 is 14.6 Å². The molecular formula is C27H34O4. The maximum Gasteiger partial charge on any atom is 0.337 e. The van der Waals surface area contributed by atoms with Crippen LogP contribution in [0, 0.1) is 6.92 Å². The van der Waals surface area contributed by atoms with Gasteiger partial charge in [-0.15, -0.1) is 0 Å². The van der Waals surface area contributed by atoms with Gasteiger partial charge in [-0.1, -0.05) is 32.4 Å². The van der Waals surface area contributed by atoms with E-state index in [1.54, 1.807) is 7.11 Å². The van der Waals surface area contributed by atoms with Crippen LogP contribution in [0.15, 0.2) is 24.3 Å². The number of aliphatic carboxylic acids is 1. The van der Waals surface area contributed by atoms with E-state index in [-0.39, 0.29) is 6.10 Å². The molecule has 0 spiro atoms. The molecule has 0 bridgehead atoms. The molecule has 4 rings (SSSR count). The third kappa shape index (κ3) is 4.50. The molecule has 0 heterocycles. The number of methoxy groups -OCH3 is 1. The van der Waals surface area contributed by atoms with Gasteiger partial charge >= 0.3 is 5.97 Å². The van der Waals surface area contributed by atoms with Crippen LogP contribution in [-0.2, 0) is 22.4 Å². The highest BCUT2D eigenvalue weighted by Gasteiger charge is 2.37. The average molecular weight is 423 g/mol. The molecule has 0 amide bonds. The van der Waals surface area contributed by atoms with E-state index in [1.807, 2.05) is 13.0 Å². The van der Waals surface area contributed by atoms with E-state index in [1.165, 1.54) is 29.5 Å². The molecule has 31 heavy (non-hydrogen) atoms. The molecule has 2 aliphatic rings. The van der Waals surface area contributed by atoms with Crippen molar-refractivity contribution in [3.8, 4) is 16.9 Å². The minimum Gasteiger partial charge on any atom is -0.496 e. The van der Waals surface area contributed by atoms with Gasteiger partial charge in [-0.2, -0.15) is 0 Å². The first-order chi connectivity index (χ1) is 15.0. The molecule has 4 nitrogen and oxygen atoms in total. The Morgan fingerprint density at radius 2 is 1.87 bits per heavy atom. The Kier molecular flexibility index (Phi) is 6.38. The van der Waals surface area contributed by atoms with E-state index in [9.17, 15) is 9.90 Å². The van der Waals surface area contributed by atoms with E-state index in [4.69, 9.17) is 9.47 Å². The van der Waals surface area contributed by atoms with Gasteiger partial charge in [0, 0.05) is 5.56 Å². The van der Waals surface area contributed by atoms with Gasteiger partial charge in [-0.05, 0) is 96.9 Å². The van der Waals surface area contributed by atoms with Gasteiger partial charge in [0.1, 0.15) is 5.75 Å². The monoisotopic (exact) mass is 422 g/mol. The Morgan fingerprint density at radius 3 is 2.42 bits per heavy atom. The standard InChI is InChI=1S/C27H34O4/c1-5-7-19-15-20(10-13-22(19)30-4)25-23(26(27(28)29)31-21-11-12-21)16(3)14-17(6-2)24(25)18-8-9-18/h10,13-15,18,21,26H,5-9,11-12H2,1-4H3,(H,28,29). The van der Waals surface area contributed by atoms with Crippen LogP contribution in [0.2, 0.25) is 0 Å². The van der Waals surface area contributed by atoms with Crippen molar-refractivity contribution in [1.29, 1.82) is 0 Å². The number of carboxylic acid groups (broad SMARTS) is 1. The van der Waals surface area contributed by atoms with Crippen LogP contribution >= 0.6 is 0 Å². The molecule has 1 unspecified atom stereocenters. The summed E-state index contributed by atoms with van der Waals surface area (Å²) in [6.45, 7) is 6.40. The van der Waals surface area contributed by atoms with Crippen molar-refractivity contribution in [3.63, 3.8) is 0 Å². The van der Waals surface area contributed by atoms with Crippen molar-refractivity contribution < 1.29 is 19.4 Å². The first kappa shape index (κ1) is 21.9. The minimum absolute atomic E-state index is 0.0649. The fourth-order valence-electron chi connectivity index (χ4n) is 4.74. The van der Waals surface area contributed by atoms with Crippen LogP contribution < -0.4 is 4.74 Å². The summed E-state index contributed by atoms with van der Waals surface area (Å²) in [7, 11) is 1.71. The normalized spacial score (nSPS) is 16.9. The average Bonchev–Trinajstić information content (AvgIpc) is 3.66. The summed E-state index contributed by atoms with van der Waals surface area (Å²) in [5.74, 6) is 0.508. The van der Waals surface area contributed by atoms with E-state index < -0.39 is 12.1 Å². The zero-order chi connectivity index (χ0) is 22.1. The number of aryl methyl sites for hydroxylation is 3. The number of carbonyl (C=O) groups is 1. The van der Waals surface area contributed by atoms with E-state index in [0.29, 0.717) is 5.92 Å². The molecule has 1 atom stereocenters. The van der Waals surface area contributed by atoms with Crippen molar-refractivity contribution in [2.75, 3.05) is 7.11 Å². The maximum atomic E-state index is 12.4. The predicted octanol–water partition coefficient (Wildman–Crippen LogP) is 6.37. The third-order valence-electron chi connectivity index (χ3n) is 6.49. The van der Waals surface area contributed by atoms with E-state index in [2.05, 4.69) is 32.0 Å². The van der Waals surface area contributed by atoms with Crippen LogP contribution in [0.25, 0.3) is 11.1 Å². The molecule has 0 radical (unpaired) electrons. The van der Waals surface area contributed by atoms with Crippen molar-refractivity contribution in [3.05, 3.63) is 52.1 Å². The molecule has 2 fully saturated rings. The van der Waals surface area contributed by atoms with Gasteiger partial charge in [0.25, 0.3) is 0 Å². The Bertz CT molecular complexity index is 970. The molecule has 2 saturated carbocycles. The quantitative estimate of drug-likeness (QED) is 0.483. The first-order valence-electron chi connectivity index (χ1n) is 11.7. The Morgan fingerprint density at radius 1 is 1.13 bits per heavy atom. The third-order valence-corrected chi connectivity index (χ3v) is 6.49. The topological polar surface area (TPSA) is 55.8 Å². The lowest BCUT2D eigenvalue weighted by atomic mass is 9.82. The fraction of sp³-hybridized carbons (Fsp3) is 0.519. The highest BCUT2D eigenvalue weighted by Crippen LogP contribution is 2.50. The Balaban J connectivity index is 1.97. The van der Waals surface area contributed by atoms with Gasteiger partial charge in [-0.25, -0.2) is 4.79 Å². The first-order valence-corrected chi connectivity index (χ1v) is 11.7. The molecule has 2 aliphatic carbocycles. The largest absolute Gasteiger partial charge is 0.496 e. The van der Waals surface area contributed by atoms with Crippen molar-refractivity contribution in [2.45, 2.75) is 83.8 Å². The lowest BCUT2D eigenvalue weighted by Gasteiger charge is -2.26. The van der Waals surface area contributed by atoms with Gasteiger partial charge in [-0.3, -0.25) is 0 Å². The number of carboxylic acids is 1. The molecule has 1 N–H and O–H groups in total. The lowest BCUT2D eigenvalue weighted by Crippen LogP contribution is -2.20. The molecule has 0 aromatic heterocycles. The Hall–Kier alpha value is -2.33. The second-order valence-corrected chi connectivity index (χ2v) is 9.01. The summed E-state index contributed by atoms with van der Waals surface area (Å²) < 4.78 is 11.7. The number of hydrogen-bond acceptors (Lipinski definition) is 3. The summed E-state index contributed by atoms with van der Waals surface area (Å²) in [6.07, 6.45) is 6.27. The summed E-state index contributed by atoms with van der Waals surface area (Å²) in [5.41, 5.74) is 7.87. The number of hydrogen-bond donors (Lipinski definition) is 1. The number of benzene rings is 2. The minimum atomic E-state index is -0.928. The molecule has 4 heteroatoms.